The molecule has 0 spiro atoms. The van der Waals surface area contributed by atoms with Crippen LogP contribution in [0.3, 0.4) is 0 Å². The van der Waals surface area contributed by atoms with Gasteiger partial charge in [0, 0.05) is 6.54 Å². The summed E-state index contributed by atoms with van der Waals surface area (Å²) in [4.78, 5) is -0.869. The molecule has 126 valence electrons. The van der Waals surface area contributed by atoms with E-state index in [0.29, 0.717) is 6.54 Å². The van der Waals surface area contributed by atoms with Crippen LogP contribution in [-0.2, 0) is 20.2 Å². The van der Waals surface area contributed by atoms with E-state index in [2.05, 4.69) is 12.2 Å². The van der Waals surface area contributed by atoms with Gasteiger partial charge in [-0.15, -0.1) is 0 Å². The van der Waals surface area contributed by atoms with Crippen LogP contribution in [0.5, 0.6) is 0 Å². The van der Waals surface area contributed by atoms with E-state index >= 15 is 0 Å². The zero-order chi connectivity index (χ0) is 17.0. The summed E-state index contributed by atoms with van der Waals surface area (Å²) >= 11 is 0. The van der Waals surface area contributed by atoms with Crippen LogP contribution in [0.2, 0.25) is 0 Å². The van der Waals surface area contributed by atoms with Gasteiger partial charge in [-0.3, -0.25) is 9.11 Å². The maximum absolute atomic E-state index is 11.3. The highest BCUT2D eigenvalue weighted by Crippen LogP contribution is 2.25. The molecule has 7 nitrogen and oxygen atoms in total. The Morgan fingerprint density at radius 1 is 1.14 bits per heavy atom. The van der Waals surface area contributed by atoms with E-state index in [0.717, 1.165) is 37.5 Å². The van der Waals surface area contributed by atoms with E-state index in [1.54, 1.807) is 0 Å². The quantitative estimate of drug-likeness (QED) is 0.615. The van der Waals surface area contributed by atoms with Crippen molar-refractivity contribution in [1.82, 2.24) is 0 Å². The van der Waals surface area contributed by atoms with Crippen LogP contribution in [0.4, 0.5) is 5.69 Å². The highest BCUT2D eigenvalue weighted by Gasteiger charge is 2.19. The fourth-order valence-electron chi connectivity index (χ4n) is 1.97. The van der Waals surface area contributed by atoms with Crippen LogP contribution in [0.1, 0.15) is 33.1 Å². The molecule has 0 fully saturated rings. The van der Waals surface area contributed by atoms with Gasteiger partial charge in [-0.1, -0.05) is 26.7 Å². The lowest BCUT2D eigenvalue weighted by molar-refractivity contribution is 0.478. The Bertz CT molecular complexity index is 712. The van der Waals surface area contributed by atoms with Gasteiger partial charge >= 0.3 is 0 Å². The predicted molar refractivity (Wildman–Crippen MR) is 83.2 cm³/mol. The maximum atomic E-state index is 11.3. The molecule has 3 N–H and O–H groups in total. The van der Waals surface area contributed by atoms with Gasteiger partial charge in [-0.2, -0.15) is 16.8 Å². The van der Waals surface area contributed by atoms with E-state index in [4.69, 9.17) is 4.55 Å². The van der Waals surface area contributed by atoms with Gasteiger partial charge < -0.3 is 5.32 Å². The Labute approximate surface area is 131 Å². The summed E-state index contributed by atoms with van der Waals surface area (Å²) in [5, 5.41) is 2.83. The number of nitrogens with one attached hydrogen (secondary N) is 1. The zero-order valence-electron chi connectivity index (χ0n) is 12.5. The van der Waals surface area contributed by atoms with E-state index in [1.807, 2.05) is 6.92 Å². The SMILES string of the molecule is CCCCC(C)CNc1cc(S(=O)(=O)O)ccc1S(=O)(=O)O. The zero-order valence-corrected chi connectivity index (χ0v) is 14.1. The molecule has 1 atom stereocenters. The van der Waals surface area contributed by atoms with E-state index in [-0.39, 0.29) is 11.6 Å². The van der Waals surface area contributed by atoms with E-state index in [9.17, 15) is 21.4 Å². The number of hydrogen-bond acceptors (Lipinski definition) is 5. The predicted octanol–water partition coefficient (Wildman–Crippen LogP) is 2.42. The summed E-state index contributed by atoms with van der Waals surface area (Å²) < 4.78 is 63.2. The van der Waals surface area contributed by atoms with E-state index < -0.39 is 30.0 Å². The topological polar surface area (TPSA) is 121 Å². The first-order valence-electron chi connectivity index (χ1n) is 6.88. The van der Waals surface area contributed by atoms with Crippen molar-refractivity contribution in [2.24, 2.45) is 5.92 Å². The summed E-state index contributed by atoms with van der Waals surface area (Å²) in [6, 6.07) is 2.85. The van der Waals surface area contributed by atoms with Crippen molar-refractivity contribution in [1.29, 1.82) is 0 Å². The molecule has 0 aromatic heterocycles. The first kappa shape index (κ1) is 18.9. The monoisotopic (exact) mass is 351 g/mol. The molecule has 9 heteroatoms. The third-order valence-corrected chi connectivity index (χ3v) is 4.98. The fourth-order valence-corrected chi connectivity index (χ4v) is 3.13. The van der Waals surface area contributed by atoms with Gasteiger partial charge in [-0.05, 0) is 30.5 Å². The van der Waals surface area contributed by atoms with Crippen molar-refractivity contribution in [3.8, 4) is 0 Å². The molecule has 0 saturated carbocycles. The summed E-state index contributed by atoms with van der Waals surface area (Å²) in [6.45, 7) is 4.45. The minimum Gasteiger partial charge on any atom is -0.384 e. The molecule has 0 aliphatic heterocycles. The van der Waals surface area contributed by atoms with Gasteiger partial charge in [0.25, 0.3) is 20.2 Å². The highest BCUT2D eigenvalue weighted by molar-refractivity contribution is 7.86. The molecule has 1 unspecified atom stereocenters. The average Bonchev–Trinajstić information content (AvgIpc) is 2.40. The molecule has 1 aromatic rings. The Balaban J connectivity index is 3.08. The van der Waals surface area contributed by atoms with Crippen LogP contribution >= 0.6 is 0 Å². The van der Waals surface area contributed by atoms with Crippen molar-refractivity contribution in [2.75, 3.05) is 11.9 Å². The van der Waals surface area contributed by atoms with Crippen LogP contribution < -0.4 is 5.32 Å². The molecular formula is C13H21NO6S2. The van der Waals surface area contributed by atoms with Gasteiger partial charge in [-0.25, -0.2) is 0 Å². The fraction of sp³-hybridized carbons (Fsp3) is 0.538. The second-order valence-corrected chi connectivity index (χ2v) is 8.05. The second kappa shape index (κ2) is 7.40. The molecule has 0 bridgehead atoms. The summed E-state index contributed by atoms with van der Waals surface area (Å²) in [5.74, 6) is 0.239. The summed E-state index contributed by atoms with van der Waals surface area (Å²) in [5.41, 5.74) is -0.0547. The van der Waals surface area contributed by atoms with Gasteiger partial charge in [0.05, 0.1) is 10.6 Å². The Morgan fingerprint density at radius 2 is 1.77 bits per heavy atom. The van der Waals surface area contributed by atoms with E-state index in [1.165, 1.54) is 0 Å². The van der Waals surface area contributed by atoms with Crippen molar-refractivity contribution < 1.29 is 25.9 Å². The molecule has 0 amide bonds. The van der Waals surface area contributed by atoms with Gasteiger partial charge in [0.15, 0.2) is 0 Å². The Kier molecular flexibility index (Phi) is 6.36. The van der Waals surface area contributed by atoms with Gasteiger partial charge in [0.1, 0.15) is 4.90 Å². The number of benzene rings is 1. The third-order valence-electron chi connectivity index (χ3n) is 3.22. The number of unbranched alkanes of at least 4 members (excludes halogenated alkanes) is 1. The van der Waals surface area contributed by atoms with Crippen LogP contribution in [0.25, 0.3) is 0 Å². The minimum atomic E-state index is -4.50. The molecule has 1 rings (SSSR count). The highest BCUT2D eigenvalue weighted by atomic mass is 32.2. The second-order valence-electron chi connectivity index (χ2n) is 5.24. The number of anilines is 1. The van der Waals surface area contributed by atoms with Crippen molar-refractivity contribution in [2.45, 2.75) is 42.9 Å². The number of rotatable bonds is 8. The summed E-state index contributed by atoms with van der Waals surface area (Å²) in [6.07, 6.45) is 3.00. The van der Waals surface area contributed by atoms with Crippen LogP contribution in [0.15, 0.2) is 28.0 Å². The van der Waals surface area contributed by atoms with Crippen LogP contribution in [-0.4, -0.2) is 32.5 Å². The molecule has 0 aliphatic rings. The summed E-state index contributed by atoms with van der Waals surface area (Å²) in [7, 11) is -8.96. The Morgan fingerprint density at radius 3 is 2.27 bits per heavy atom. The van der Waals surface area contributed by atoms with Crippen molar-refractivity contribution >= 4 is 25.9 Å². The smallest absolute Gasteiger partial charge is 0.296 e. The Hall–Kier alpha value is -1.16. The maximum Gasteiger partial charge on any atom is 0.296 e. The molecular weight excluding hydrogens is 330 g/mol. The standard InChI is InChI=1S/C13H21NO6S2/c1-3-4-5-10(2)9-14-12-8-11(21(15,16)17)6-7-13(12)22(18,19)20/h6-8,10,14H,3-5,9H2,1-2H3,(H,15,16,17)(H,18,19,20). The average molecular weight is 351 g/mol. The van der Waals surface area contributed by atoms with Crippen LogP contribution in [0, 0.1) is 5.92 Å². The third kappa shape index (κ3) is 5.56. The molecule has 22 heavy (non-hydrogen) atoms. The lowest BCUT2D eigenvalue weighted by Gasteiger charge is -2.15. The lowest BCUT2D eigenvalue weighted by Crippen LogP contribution is -2.14. The first-order chi connectivity index (χ1) is 10.1. The molecule has 0 saturated heterocycles. The molecule has 0 radical (unpaired) electrons. The molecule has 0 aliphatic carbocycles. The number of hydrogen-bond donors (Lipinski definition) is 3. The van der Waals surface area contributed by atoms with Crippen molar-refractivity contribution in [3.05, 3.63) is 18.2 Å². The van der Waals surface area contributed by atoms with Gasteiger partial charge in [0.2, 0.25) is 0 Å². The minimum absolute atomic E-state index is 0.0547. The lowest BCUT2D eigenvalue weighted by atomic mass is 10.0. The van der Waals surface area contributed by atoms with Crippen molar-refractivity contribution in [3.63, 3.8) is 0 Å². The largest absolute Gasteiger partial charge is 0.384 e. The molecule has 0 heterocycles. The normalized spacial score (nSPS) is 13.8. The first-order valence-corrected chi connectivity index (χ1v) is 9.76. The molecule has 1 aromatic carbocycles.